The van der Waals surface area contributed by atoms with Crippen molar-refractivity contribution in [1.29, 1.82) is 0 Å². The molecule has 7 heteroatoms. The largest absolute Gasteiger partial charge is 0.494 e. The number of aromatic hydroxyl groups is 1. The molecule has 0 aliphatic carbocycles. The van der Waals surface area contributed by atoms with E-state index in [1.54, 1.807) is 6.07 Å². The van der Waals surface area contributed by atoms with Crippen molar-refractivity contribution in [3.05, 3.63) is 130 Å². The predicted octanol–water partition coefficient (Wildman–Crippen LogP) is 6.56. The quantitative estimate of drug-likeness (QED) is 0.145. The second kappa shape index (κ2) is 9.52. The van der Waals surface area contributed by atoms with E-state index in [0.717, 1.165) is 16.8 Å². The van der Waals surface area contributed by atoms with E-state index in [2.05, 4.69) is 10.3 Å². The molecule has 7 nitrogen and oxygen atoms in total. The Hall–Kier alpha value is -4.91. The van der Waals surface area contributed by atoms with Crippen LogP contribution in [-0.2, 0) is 6.54 Å². The van der Waals surface area contributed by atoms with Crippen LogP contribution >= 0.6 is 0 Å². The third-order valence-electron chi connectivity index (χ3n) is 5.70. The number of hydrogen-bond acceptors (Lipinski definition) is 5. The average Bonchev–Trinajstić information content (AvgIpc) is 3.22. The first-order valence-corrected chi connectivity index (χ1v) is 11.1. The summed E-state index contributed by atoms with van der Waals surface area (Å²) in [6.07, 6.45) is 0. The monoisotopic (exact) mass is 462 g/mol. The summed E-state index contributed by atoms with van der Waals surface area (Å²) >= 11 is 0. The molecule has 0 fully saturated rings. The van der Waals surface area contributed by atoms with Gasteiger partial charge in [0, 0.05) is 40.8 Å². The number of aromatic nitrogens is 1. The number of nitrogens with one attached hydrogen (secondary N) is 2. The molecule has 0 saturated carbocycles. The Morgan fingerprint density at radius 2 is 1.60 bits per heavy atom. The number of nitro groups is 1. The summed E-state index contributed by atoms with van der Waals surface area (Å²) < 4.78 is 0. The first-order chi connectivity index (χ1) is 17.1. The van der Waals surface area contributed by atoms with E-state index in [9.17, 15) is 15.2 Å². The molecule has 0 aliphatic rings. The molecule has 0 aliphatic heterocycles. The fourth-order valence-corrected chi connectivity index (χ4v) is 3.96. The van der Waals surface area contributed by atoms with Crippen LogP contribution in [0.2, 0.25) is 0 Å². The Kier molecular flexibility index (Phi) is 5.96. The number of aromatic amines is 1. The van der Waals surface area contributed by atoms with Gasteiger partial charge in [-0.15, -0.1) is 0 Å². The second-order valence-corrected chi connectivity index (χ2v) is 8.05. The summed E-state index contributed by atoms with van der Waals surface area (Å²) in [5.74, 6) is -0.0909. The van der Waals surface area contributed by atoms with Gasteiger partial charge in [-0.25, -0.2) is 4.99 Å². The van der Waals surface area contributed by atoms with Crippen LogP contribution in [0.3, 0.4) is 0 Å². The molecule has 3 N–H and O–H groups in total. The van der Waals surface area contributed by atoms with Crippen LogP contribution < -0.4 is 5.32 Å². The van der Waals surface area contributed by atoms with E-state index in [4.69, 9.17) is 4.99 Å². The van der Waals surface area contributed by atoms with E-state index < -0.39 is 4.92 Å². The number of aliphatic imine (C=N–C) groups is 1. The molecule has 0 radical (unpaired) electrons. The lowest BCUT2D eigenvalue weighted by Crippen LogP contribution is -2.03. The van der Waals surface area contributed by atoms with Crippen molar-refractivity contribution in [2.45, 2.75) is 6.54 Å². The molecule has 0 atom stereocenters. The van der Waals surface area contributed by atoms with Gasteiger partial charge in [-0.1, -0.05) is 60.7 Å². The molecule has 1 aromatic heterocycles. The number of para-hydroxylation sites is 1. The minimum atomic E-state index is -0.450. The normalized spacial score (nSPS) is 11.5. The summed E-state index contributed by atoms with van der Waals surface area (Å²) in [4.78, 5) is 18.7. The lowest BCUT2D eigenvalue weighted by molar-refractivity contribution is -0.384. The summed E-state index contributed by atoms with van der Waals surface area (Å²) in [5, 5.41) is 26.1. The Bertz CT molecular complexity index is 1510. The standard InChI is InChI=1S/C28H22N4O3/c33-28-26(24-17-23(32(34)35)15-16-25(24)31-28)27(20-7-3-1-4-8-20)30-22-13-11-19(12-14-22)18-29-21-9-5-2-6-10-21/h1-17,29,31,33H,18H2. The number of nitro benzene ring substituents is 1. The van der Waals surface area contributed by atoms with Crippen molar-refractivity contribution in [3.63, 3.8) is 0 Å². The average molecular weight is 463 g/mol. The summed E-state index contributed by atoms with van der Waals surface area (Å²) in [7, 11) is 0. The van der Waals surface area contributed by atoms with Gasteiger partial charge in [-0.3, -0.25) is 10.1 Å². The van der Waals surface area contributed by atoms with Crippen molar-refractivity contribution in [3.8, 4) is 5.88 Å². The predicted molar refractivity (Wildman–Crippen MR) is 139 cm³/mol. The molecular formula is C28H22N4O3. The summed E-state index contributed by atoms with van der Waals surface area (Å²) in [5.41, 5.74) is 5.10. The molecule has 0 amide bonds. The van der Waals surface area contributed by atoms with E-state index in [1.807, 2.05) is 84.9 Å². The molecule has 0 bridgehead atoms. The highest BCUT2D eigenvalue weighted by atomic mass is 16.6. The van der Waals surface area contributed by atoms with Gasteiger partial charge < -0.3 is 15.4 Å². The van der Waals surface area contributed by atoms with E-state index in [-0.39, 0.29) is 11.6 Å². The molecule has 5 rings (SSSR count). The van der Waals surface area contributed by atoms with E-state index in [0.29, 0.717) is 34.4 Å². The Balaban J connectivity index is 1.54. The third kappa shape index (κ3) is 4.74. The minimum Gasteiger partial charge on any atom is -0.494 e. The lowest BCUT2D eigenvalue weighted by Gasteiger charge is -2.09. The van der Waals surface area contributed by atoms with Gasteiger partial charge in [-0.05, 0) is 35.9 Å². The summed E-state index contributed by atoms with van der Waals surface area (Å²) in [6, 6.07) is 31.7. The number of anilines is 1. The molecule has 0 saturated heterocycles. The third-order valence-corrected chi connectivity index (χ3v) is 5.70. The number of non-ortho nitro benzene ring substituents is 1. The van der Waals surface area contributed by atoms with Crippen molar-refractivity contribution >= 4 is 33.7 Å². The fraction of sp³-hybridized carbons (Fsp3) is 0.0357. The Labute approximate surface area is 201 Å². The minimum absolute atomic E-state index is 0.0552. The zero-order valence-electron chi connectivity index (χ0n) is 18.7. The number of hydrogen-bond donors (Lipinski definition) is 3. The van der Waals surface area contributed by atoms with Crippen LogP contribution in [-0.4, -0.2) is 20.7 Å². The first-order valence-electron chi connectivity index (χ1n) is 11.1. The van der Waals surface area contributed by atoms with Crippen molar-refractivity contribution in [2.24, 2.45) is 4.99 Å². The lowest BCUT2D eigenvalue weighted by atomic mass is 10.0. The van der Waals surface area contributed by atoms with Gasteiger partial charge in [-0.2, -0.15) is 0 Å². The van der Waals surface area contributed by atoms with E-state index >= 15 is 0 Å². The molecule has 0 spiro atoms. The van der Waals surface area contributed by atoms with Crippen LogP contribution in [0.4, 0.5) is 17.1 Å². The molecule has 1 heterocycles. The zero-order chi connectivity index (χ0) is 24.2. The Morgan fingerprint density at radius 1 is 0.914 bits per heavy atom. The number of nitrogens with zero attached hydrogens (tertiary/aromatic N) is 2. The molecule has 35 heavy (non-hydrogen) atoms. The molecular weight excluding hydrogens is 440 g/mol. The van der Waals surface area contributed by atoms with Gasteiger partial charge in [0.2, 0.25) is 0 Å². The SMILES string of the molecule is O=[N+]([O-])c1ccc2[nH]c(O)c(C(=Nc3ccc(CNc4ccccc4)cc3)c3ccccc3)c2c1. The van der Waals surface area contributed by atoms with Crippen LogP contribution in [0.1, 0.15) is 16.7 Å². The van der Waals surface area contributed by atoms with Crippen LogP contribution in [0.25, 0.3) is 10.9 Å². The van der Waals surface area contributed by atoms with Crippen molar-refractivity contribution in [1.82, 2.24) is 4.98 Å². The van der Waals surface area contributed by atoms with Gasteiger partial charge in [0.15, 0.2) is 5.88 Å². The van der Waals surface area contributed by atoms with Gasteiger partial charge in [0.25, 0.3) is 5.69 Å². The van der Waals surface area contributed by atoms with Crippen LogP contribution in [0.5, 0.6) is 5.88 Å². The molecule has 0 unspecified atom stereocenters. The number of rotatable bonds is 7. The number of fused-ring (bicyclic) bond motifs is 1. The van der Waals surface area contributed by atoms with Gasteiger partial charge in [0.1, 0.15) is 0 Å². The number of benzene rings is 4. The van der Waals surface area contributed by atoms with Crippen LogP contribution in [0.15, 0.2) is 108 Å². The highest BCUT2D eigenvalue weighted by Gasteiger charge is 2.20. The molecule has 4 aromatic carbocycles. The van der Waals surface area contributed by atoms with Crippen molar-refractivity contribution < 1.29 is 10.0 Å². The van der Waals surface area contributed by atoms with Crippen molar-refractivity contribution in [2.75, 3.05) is 5.32 Å². The summed E-state index contributed by atoms with van der Waals surface area (Å²) in [6.45, 7) is 0.673. The van der Waals surface area contributed by atoms with E-state index in [1.165, 1.54) is 12.1 Å². The topological polar surface area (TPSA) is 104 Å². The highest BCUT2D eigenvalue weighted by Crippen LogP contribution is 2.33. The highest BCUT2D eigenvalue weighted by molar-refractivity contribution is 6.22. The van der Waals surface area contributed by atoms with Gasteiger partial charge >= 0.3 is 0 Å². The maximum Gasteiger partial charge on any atom is 0.270 e. The first kappa shape index (κ1) is 21.9. The maximum atomic E-state index is 11.4. The van der Waals surface area contributed by atoms with Crippen LogP contribution in [0, 0.1) is 10.1 Å². The Morgan fingerprint density at radius 3 is 2.29 bits per heavy atom. The molecule has 5 aromatic rings. The zero-order valence-corrected chi connectivity index (χ0v) is 18.7. The fourth-order valence-electron chi connectivity index (χ4n) is 3.96. The van der Waals surface area contributed by atoms with Gasteiger partial charge in [0.05, 0.1) is 21.9 Å². The second-order valence-electron chi connectivity index (χ2n) is 8.05. The maximum absolute atomic E-state index is 11.4. The number of H-pyrrole nitrogens is 1. The smallest absolute Gasteiger partial charge is 0.270 e. The molecule has 172 valence electrons.